The monoisotopic (exact) mass is 318 g/mol. The van der Waals surface area contributed by atoms with Gasteiger partial charge in [-0.15, -0.1) is 0 Å². The van der Waals surface area contributed by atoms with Crippen molar-refractivity contribution in [2.45, 2.75) is 6.92 Å². The molecule has 0 atom stereocenters. The third-order valence-electron chi connectivity index (χ3n) is 3.79. The Hall–Kier alpha value is -3.14. The first kappa shape index (κ1) is 15.7. The first-order valence-corrected chi connectivity index (χ1v) is 7.65. The van der Waals surface area contributed by atoms with E-state index in [4.69, 9.17) is 4.74 Å². The summed E-state index contributed by atoms with van der Waals surface area (Å²) in [5.74, 6) is 0.469. The van der Waals surface area contributed by atoms with E-state index in [-0.39, 0.29) is 5.91 Å². The number of hydrogen-bond donors (Lipinski definition) is 1. The number of hydrazone groups is 1. The minimum absolute atomic E-state index is 0.242. The van der Waals surface area contributed by atoms with Crippen LogP contribution in [0.25, 0.3) is 10.8 Å². The van der Waals surface area contributed by atoms with Gasteiger partial charge >= 0.3 is 0 Å². The van der Waals surface area contributed by atoms with Gasteiger partial charge in [-0.1, -0.05) is 48.0 Å². The molecule has 3 aromatic rings. The molecule has 3 aromatic carbocycles. The number of nitrogens with one attached hydrogen (secondary N) is 1. The van der Waals surface area contributed by atoms with E-state index in [1.807, 2.05) is 61.5 Å². The Bertz CT molecular complexity index is 916. The average Bonchev–Trinajstić information content (AvgIpc) is 2.61. The molecule has 4 heteroatoms. The highest BCUT2D eigenvalue weighted by Gasteiger charge is 2.07. The third-order valence-corrected chi connectivity index (χ3v) is 3.79. The fourth-order valence-corrected chi connectivity index (χ4v) is 2.59. The number of ether oxygens (including phenoxy) is 1. The number of hydrogen-bond acceptors (Lipinski definition) is 3. The molecular formula is C20H18N2O2. The average molecular weight is 318 g/mol. The Labute approximate surface area is 140 Å². The maximum atomic E-state index is 12.1. The predicted molar refractivity (Wildman–Crippen MR) is 96.7 cm³/mol. The molecule has 24 heavy (non-hydrogen) atoms. The van der Waals surface area contributed by atoms with E-state index < -0.39 is 0 Å². The topological polar surface area (TPSA) is 50.7 Å². The Kier molecular flexibility index (Phi) is 4.57. The number of rotatable bonds is 4. The van der Waals surface area contributed by atoms with Crippen LogP contribution in [0.15, 0.2) is 65.8 Å². The number of methoxy groups -OCH3 is 1. The van der Waals surface area contributed by atoms with Gasteiger partial charge in [0.15, 0.2) is 0 Å². The van der Waals surface area contributed by atoms with Crippen LogP contribution >= 0.6 is 0 Å². The Morgan fingerprint density at radius 1 is 1.08 bits per heavy atom. The van der Waals surface area contributed by atoms with Crippen molar-refractivity contribution in [2.24, 2.45) is 5.10 Å². The zero-order valence-corrected chi connectivity index (χ0v) is 13.6. The van der Waals surface area contributed by atoms with E-state index in [0.717, 1.165) is 21.9 Å². The maximum Gasteiger partial charge on any atom is 0.271 e. The van der Waals surface area contributed by atoms with Crippen molar-refractivity contribution in [3.63, 3.8) is 0 Å². The first-order valence-electron chi connectivity index (χ1n) is 7.65. The first-order chi connectivity index (χ1) is 11.7. The van der Waals surface area contributed by atoms with Gasteiger partial charge in [-0.3, -0.25) is 4.79 Å². The summed E-state index contributed by atoms with van der Waals surface area (Å²) in [6, 6.07) is 19.2. The van der Waals surface area contributed by atoms with E-state index in [1.165, 1.54) is 0 Å². The predicted octanol–water partition coefficient (Wildman–Crippen LogP) is 3.92. The van der Waals surface area contributed by atoms with Crippen molar-refractivity contribution >= 4 is 22.9 Å². The van der Waals surface area contributed by atoms with Crippen LogP contribution in [0.3, 0.4) is 0 Å². The SMILES string of the molecule is COc1ccc2ccccc2c1/C=N\NC(=O)c1cccc(C)c1. The van der Waals surface area contributed by atoms with Crippen molar-refractivity contribution < 1.29 is 9.53 Å². The van der Waals surface area contributed by atoms with Gasteiger partial charge in [0.05, 0.1) is 13.3 Å². The summed E-state index contributed by atoms with van der Waals surface area (Å²) in [7, 11) is 1.62. The summed E-state index contributed by atoms with van der Waals surface area (Å²) >= 11 is 0. The van der Waals surface area contributed by atoms with Crippen LogP contribution in [0.4, 0.5) is 0 Å². The number of fused-ring (bicyclic) bond motifs is 1. The van der Waals surface area contributed by atoms with Crippen LogP contribution in [0.1, 0.15) is 21.5 Å². The molecule has 0 unspecified atom stereocenters. The lowest BCUT2D eigenvalue weighted by Crippen LogP contribution is -2.17. The van der Waals surface area contributed by atoms with Gasteiger partial charge in [0.25, 0.3) is 5.91 Å². The zero-order chi connectivity index (χ0) is 16.9. The highest BCUT2D eigenvalue weighted by Crippen LogP contribution is 2.26. The molecule has 0 aliphatic carbocycles. The molecule has 3 rings (SSSR count). The van der Waals surface area contributed by atoms with Crippen LogP contribution in [-0.4, -0.2) is 19.2 Å². The number of carbonyl (C=O) groups excluding carboxylic acids is 1. The lowest BCUT2D eigenvalue weighted by Gasteiger charge is -2.08. The van der Waals surface area contributed by atoms with Gasteiger partial charge in [-0.2, -0.15) is 5.10 Å². The number of benzene rings is 3. The van der Waals surface area contributed by atoms with Gasteiger partial charge in [-0.05, 0) is 35.9 Å². The minimum atomic E-state index is -0.242. The molecule has 0 saturated carbocycles. The van der Waals surface area contributed by atoms with Crippen LogP contribution in [0.5, 0.6) is 5.75 Å². The molecule has 0 radical (unpaired) electrons. The zero-order valence-electron chi connectivity index (χ0n) is 13.6. The van der Waals surface area contributed by atoms with Gasteiger partial charge in [0.2, 0.25) is 0 Å². The second-order valence-corrected chi connectivity index (χ2v) is 5.47. The smallest absolute Gasteiger partial charge is 0.271 e. The van der Waals surface area contributed by atoms with Crippen molar-refractivity contribution in [1.82, 2.24) is 5.43 Å². The van der Waals surface area contributed by atoms with E-state index in [0.29, 0.717) is 11.3 Å². The molecule has 0 aliphatic heterocycles. The molecule has 0 aliphatic rings. The van der Waals surface area contributed by atoms with Crippen LogP contribution in [-0.2, 0) is 0 Å². The lowest BCUT2D eigenvalue weighted by molar-refractivity contribution is 0.0955. The van der Waals surface area contributed by atoms with Crippen LogP contribution < -0.4 is 10.2 Å². The second-order valence-electron chi connectivity index (χ2n) is 5.47. The third kappa shape index (κ3) is 3.27. The van der Waals surface area contributed by atoms with E-state index >= 15 is 0 Å². The second kappa shape index (κ2) is 6.96. The summed E-state index contributed by atoms with van der Waals surface area (Å²) in [5.41, 5.74) is 5.01. The molecule has 4 nitrogen and oxygen atoms in total. The number of nitrogens with zero attached hydrogens (tertiary/aromatic N) is 1. The van der Waals surface area contributed by atoms with Gasteiger partial charge in [0.1, 0.15) is 5.75 Å². The molecule has 1 N–H and O–H groups in total. The largest absolute Gasteiger partial charge is 0.496 e. The van der Waals surface area contributed by atoms with E-state index in [2.05, 4.69) is 10.5 Å². The quantitative estimate of drug-likeness (QED) is 0.585. The summed E-state index contributed by atoms with van der Waals surface area (Å²) in [4.78, 5) is 12.1. The van der Waals surface area contributed by atoms with Crippen molar-refractivity contribution in [1.29, 1.82) is 0 Å². The van der Waals surface area contributed by atoms with Crippen LogP contribution in [0.2, 0.25) is 0 Å². The highest BCUT2D eigenvalue weighted by molar-refractivity contribution is 6.03. The summed E-state index contributed by atoms with van der Waals surface area (Å²) in [6.07, 6.45) is 1.62. The lowest BCUT2D eigenvalue weighted by atomic mass is 10.0. The number of aryl methyl sites for hydroxylation is 1. The van der Waals surface area contributed by atoms with E-state index in [9.17, 15) is 4.79 Å². The number of carbonyl (C=O) groups is 1. The molecule has 0 spiro atoms. The molecule has 0 aromatic heterocycles. The van der Waals surface area contributed by atoms with Crippen molar-refractivity contribution in [3.05, 3.63) is 77.4 Å². The summed E-state index contributed by atoms with van der Waals surface area (Å²) in [5, 5.41) is 6.21. The Morgan fingerprint density at radius 2 is 1.92 bits per heavy atom. The normalized spacial score (nSPS) is 10.9. The maximum absolute atomic E-state index is 12.1. The van der Waals surface area contributed by atoms with Crippen molar-refractivity contribution in [2.75, 3.05) is 7.11 Å². The molecule has 0 fully saturated rings. The molecule has 0 heterocycles. The summed E-state index contributed by atoms with van der Waals surface area (Å²) in [6.45, 7) is 1.95. The molecule has 0 saturated heterocycles. The van der Waals surface area contributed by atoms with E-state index in [1.54, 1.807) is 19.4 Å². The highest BCUT2D eigenvalue weighted by atomic mass is 16.5. The van der Waals surface area contributed by atoms with Gasteiger partial charge in [-0.25, -0.2) is 5.43 Å². The molecule has 120 valence electrons. The Balaban J connectivity index is 1.86. The molecule has 0 bridgehead atoms. The summed E-state index contributed by atoms with van der Waals surface area (Å²) < 4.78 is 5.41. The molecule has 1 amide bonds. The fraction of sp³-hybridized carbons (Fsp3) is 0.100. The van der Waals surface area contributed by atoms with Gasteiger partial charge in [0, 0.05) is 11.1 Å². The molecular weight excluding hydrogens is 300 g/mol. The number of amides is 1. The fourth-order valence-electron chi connectivity index (χ4n) is 2.59. The minimum Gasteiger partial charge on any atom is -0.496 e. The standard InChI is InChI=1S/C20H18N2O2/c1-14-6-5-8-16(12-14)20(23)22-21-13-18-17-9-4-3-7-15(17)10-11-19(18)24-2/h3-13H,1-2H3,(H,22,23)/b21-13-. The van der Waals surface area contributed by atoms with Crippen molar-refractivity contribution in [3.8, 4) is 5.75 Å². The van der Waals surface area contributed by atoms with Gasteiger partial charge < -0.3 is 4.74 Å². The Morgan fingerprint density at radius 3 is 2.71 bits per heavy atom. The van der Waals surface area contributed by atoms with Crippen LogP contribution in [0, 0.1) is 6.92 Å².